The summed E-state index contributed by atoms with van der Waals surface area (Å²) in [6.07, 6.45) is 4.98. The third-order valence-electron chi connectivity index (χ3n) is 1.66. The first kappa shape index (κ1) is 6.09. The molecule has 0 unspecified atom stereocenters. The molecule has 0 saturated carbocycles. The fourth-order valence-electron chi connectivity index (χ4n) is 1.08. The molecule has 48 valence electrons. The Labute approximate surface area is 51.0 Å². The van der Waals surface area contributed by atoms with Crippen molar-refractivity contribution in [2.24, 2.45) is 0 Å². The van der Waals surface area contributed by atoms with Crippen LogP contribution < -0.4 is 0 Å². The van der Waals surface area contributed by atoms with Gasteiger partial charge in [-0.15, -0.1) is 0 Å². The van der Waals surface area contributed by atoms with Crippen molar-refractivity contribution >= 4 is 0 Å². The molecular formula is C7H14O. The van der Waals surface area contributed by atoms with Gasteiger partial charge in [0.05, 0.1) is 12.2 Å². The average molecular weight is 114 g/mol. The van der Waals surface area contributed by atoms with Gasteiger partial charge in [0.1, 0.15) is 0 Å². The van der Waals surface area contributed by atoms with Crippen LogP contribution in [-0.4, -0.2) is 12.2 Å². The molecule has 0 N–H and O–H groups in total. The highest BCUT2D eigenvalue weighted by Gasteiger charge is 2.35. The molecule has 0 aliphatic carbocycles. The summed E-state index contributed by atoms with van der Waals surface area (Å²) in [5.74, 6) is 0. The van der Waals surface area contributed by atoms with E-state index in [1.807, 2.05) is 0 Å². The molecule has 0 spiro atoms. The number of hydrogen-bond donors (Lipinski definition) is 0. The molecule has 0 aromatic heterocycles. The Balaban J connectivity index is 1.99. The average Bonchev–Trinajstić information content (AvgIpc) is 2.48. The lowest BCUT2D eigenvalue weighted by Crippen LogP contribution is -1.89. The van der Waals surface area contributed by atoms with E-state index in [1.54, 1.807) is 0 Å². The van der Waals surface area contributed by atoms with Crippen LogP contribution in [0.5, 0.6) is 0 Å². The molecule has 2 atom stereocenters. The normalized spacial score (nSPS) is 35.2. The molecule has 1 heterocycles. The number of rotatable bonds is 3. The monoisotopic (exact) mass is 114 g/mol. The first-order chi connectivity index (χ1) is 3.88. The van der Waals surface area contributed by atoms with Crippen LogP contribution in [0.1, 0.15) is 33.1 Å². The van der Waals surface area contributed by atoms with E-state index in [1.165, 1.54) is 19.3 Å². The SMILES string of the molecule is CCC[C@@H]1O[C@H]1CC. The molecule has 8 heavy (non-hydrogen) atoms. The molecule has 1 rings (SSSR count). The van der Waals surface area contributed by atoms with Crippen LogP contribution in [0.15, 0.2) is 0 Å². The van der Waals surface area contributed by atoms with Gasteiger partial charge in [0.25, 0.3) is 0 Å². The second kappa shape index (κ2) is 2.49. The van der Waals surface area contributed by atoms with Crippen molar-refractivity contribution in [3.8, 4) is 0 Å². The van der Waals surface area contributed by atoms with Crippen LogP contribution in [0.25, 0.3) is 0 Å². The summed E-state index contributed by atoms with van der Waals surface area (Å²) in [5, 5.41) is 0. The lowest BCUT2D eigenvalue weighted by molar-refractivity contribution is 0.359. The molecule has 0 amide bonds. The number of epoxide rings is 1. The van der Waals surface area contributed by atoms with Crippen molar-refractivity contribution in [3.05, 3.63) is 0 Å². The van der Waals surface area contributed by atoms with Crippen LogP contribution >= 0.6 is 0 Å². The zero-order chi connectivity index (χ0) is 5.98. The Morgan fingerprint density at radius 2 is 2.00 bits per heavy atom. The lowest BCUT2D eigenvalue weighted by atomic mass is 10.2. The fraction of sp³-hybridized carbons (Fsp3) is 1.00. The van der Waals surface area contributed by atoms with E-state index >= 15 is 0 Å². The maximum absolute atomic E-state index is 5.31. The first-order valence-electron chi connectivity index (χ1n) is 3.54. The standard InChI is InChI=1S/C7H14O/c1-3-5-7-6(4-2)8-7/h6-7H,3-5H2,1-2H3/t6-,7-/m0/s1. The largest absolute Gasteiger partial charge is 0.370 e. The van der Waals surface area contributed by atoms with Gasteiger partial charge in [-0.1, -0.05) is 20.3 Å². The van der Waals surface area contributed by atoms with Gasteiger partial charge in [-0.2, -0.15) is 0 Å². The third kappa shape index (κ3) is 1.22. The van der Waals surface area contributed by atoms with Crippen LogP contribution in [0.3, 0.4) is 0 Å². The highest BCUT2D eigenvalue weighted by Crippen LogP contribution is 2.28. The van der Waals surface area contributed by atoms with Crippen molar-refractivity contribution < 1.29 is 4.74 Å². The summed E-state index contributed by atoms with van der Waals surface area (Å²) >= 11 is 0. The summed E-state index contributed by atoms with van der Waals surface area (Å²) in [5.41, 5.74) is 0. The molecule has 1 fully saturated rings. The Morgan fingerprint density at radius 3 is 2.38 bits per heavy atom. The van der Waals surface area contributed by atoms with Crippen LogP contribution in [0.2, 0.25) is 0 Å². The Hall–Kier alpha value is -0.0400. The topological polar surface area (TPSA) is 12.5 Å². The predicted molar refractivity (Wildman–Crippen MR) is 33.9 cm³/mol. The molecule has 0 radical (unpaired) electrons. The number of ether oxygens (including phenoxy) is 1. The first-order valence-corrected chi connectivity index (χ1v) is 3.54. The van der Waals surface area contributed by atoms with Gasteiger partial charge < -0.3 is 4.74 Å². The van der Waals surface area contributed by atoms with Crippen molar-refractivity contribution in [2.75, 3.05) is 0 Å². The smallest absolute Gasteiger partial charge is 0.0841 e. The van der Waals surface area contributed by atoms with Crippen molar-refractivity contribution in [1.82, 2.24) is 0 Å². The third-order valence-corrected chi connectivity index (χ3v) is 1.66. The highest BCUT2D eigenvalue weighted by atomic mass is 16.6. The molecule has 1 nitrogen and oxygen atoms in total. The van der Waals surface area contributed by atoms with E-state index in [0.29, 0.717) is 12.2 Å². The second-order valence-corrected chi connectivity index (χ2v) is 2.41. The Bertz CT molecular complexity index is 70.8. The minimum Gasteiger partial charge on any atom is -0.370 e. The molecule has 0 aromatic rings. The van der Waals surface area contributed by atoms with Crippen molar-refractivity contribution in [2.45, 2.75) is 45.3 Å². The molecular weight excluding hydrogens is 100 g/mol. The summed E-state index contributed by atoms with van der Waals surface area (Å²) in [7, 11) is 0. The quantitative estimate of drug-likeness (QED) is 0.511. The van der Waals surface area contributed by atoms with Crippen molar-refractivity contribution in [3.63, 3.8) is 0 Å². The Kier molecular flexibility index (Phi) is 1.90. The van der Waals surface area contributed by atoms with Gasteiger partial charge in [-0.3, -0.25) is 0 Å². The van der Waals surface area contributed by atoms with E-state index in [-0.39, 0.29) is 0 Å². The molecule has 1 saturated heterocycles. The molecule has 1 heteroatoms. The predicted octanol–water partition coefficient (Wildman–Crippen LogP) is 1.96. The highest BCUT2D eigenvalue weighted by molar-refractivity contribution is 4.82. The van der Waals surface area contributed by atoms with Gasteiger partial charge in [-0.25, -0.2) is 0 Å². The van der Waals surface area contributed by atoms with E-state index in [0.717, 1.165) is 0 Å². The van der Waals surface area contributed by atoms with E-state index in [4.69, 9.17) is 4.74 Å². The molecule has 1 aliphatic heterocycles. The van der Waals surface area contributed by atoms with E-state index in [9.17, 15) is 0 Å². The fourth-order valence-corrected chi connectivity index (χ4v) is 1.08. The Morgan fingerprint density at radius 1 is 1.25 bits per heavy atom. The zero-order valence-electron chi connectivity index (χ0n) is 5.68. The van der Waals surface area contributed by atoms with Gasteiger partial charge in [-0.05, 0) is 12.8 Å². The molecule has 0 bridgehead atoms. The lowest BCUT2D eigenvalue weighted by Gasteiger charge is -1.84. The van der Waals surface area contributed by atoms with Gasteiger partial charge in [0.15, 0.2) is 0 Å². The van der Waals surface area contributed by atoms with Crippen LogP contribution in [-0.2, 0) is 4.74 Å². The summed E-state index contributed by atoms with van der Waals surface area (Å²) in [6, 6.07) is 0. The second-order valence-electron chi connectivity index (χ2n) is 2.41. The maximum Gasteiger partial charge on any atom is 0.0841 e. The maximum atomic E-state index is 5.31. The van der Waals surface area contributed by atoms with Gasteiger partial charge >= 0.3 is 0 Å². The van der Waals surface area contributed by atoms with E-state index < -0.39 is 0 Å². The zero-order valence-corrected chi connectivity index (χ0v) is 5.68. The summed E-state index contributed by atoms with van der Waals surface area (Å²) in [4.78, 5) is 0. The summed E-state index contributed by atoms with van der Waals surface area (Å²) < 4.78 is 5.31. The van der Waals surface area contributed by atoms with Gasteiger partial charge in [0, 0.05) is 0 Å². The molecule has 0 aromatic carbocycles. The molecule has 1 aliphatic rings. The summed E-state index contributed by atoms with van der Waals surface area (Å²) in [6.45, 7) is 4.38. The van der Waals surface area contributed by atoms with Gasteiger partial charge in [0.2, 0.25) is 0 Å². The van der Waals surface area contributed by atoms with Crippen LogP contribution in [0, 0.1) is 0 Å². The minimum atomic E-state index is 0.620. The van der Waals surface area contributed by atoms with Crippen LogP contribution in [0.4, 0.5) is 0 Å². The van der Waals surface area contributed by atoms with Crippen molar-refractivity contribution in [1.29, 1.82) is 0 Å². The van der Waals surface area contributed by atoms with E-state index in [2.05, 4.69) is 13.8 Å². The minimum absolute atomic E-state index is 0.620. The number of hydrogen-bond acceptors (Lipinski definition) is 1.